The van der Waals surface area contributed by atoms with E-state index < -0.39 is 16.9 Å². The van der Waals surface area contributed by atoms with Crippen molar-refractivity contribution in [3.8, 4) is 0 Å². The lowest BCUT2D eigenvalue weighted by atomic mass is 9.94. The standard InChI is InChI=1S/C16H15N3O5S/c1-3-24-15(21)13-9(2)17-16-18(12(20)8-25-16)14(13)10-5-4-6-11(7-10)19(22)23/h4-7,14H,3,8H2,1-2H3/t14-/m0/s1. The molecule has 0 radical (unpaired) electrons. The van der Waals surface area contributed by atoms with Gasteiger partial charge >= 0.3 is 5.97 Å². The molecule has 0 aromatic heterocycles. The highest BCUT2D eigenvalue weighted by molar-refractivity contribution is 8.15. The Morgan fingerprint density at radius 1 is 1.52 bits per heavy atom. The van der Waals surface area contributed by atoms with Gasteiger partial charge in [0.2, 0.25) is 5.91 Å². The first-order valence-corrected chi connectivity index (χ1v) is 8.58. The smallest absolute Gasteiger partial charge is 0.338 e. The molecule has 0 bridgehead atoms. The van der Waals surface area contributed by atoms with E-state index in [1.54, 1.807) is 19.9 Å². The fourth-order valence-electron chi connectivity index (χ4n) is 2.84. The van der Waals surface area contributed by atoms with Crippen LogP contribution in [-0.2, 0) is 14.3 Å². The summed E-state index contributed by atoms with van der Waals surface area (Å²) in [5.74, 6) is -0.563. The first-order valence-electron chi connectivity index (χ1n) is 7.59. The Morgan fingerprint density at radius 3 is 2.96 bits per heavy atom. The second kappa shape index (κ2) is 6.67. The van der Waals surface area contributed by atoms with Crippen molar-refractivity contribution in [1.82, 2.24) is 4.90 Å². The third-order valence-corrected chi connectivity index (χ3v) is 4.81. The van der Waals surface area contributed by atoms with E-state index in [0.29, 0.717) is 16.4 Å². The topological polar surface area (TPSA) is 102 Å². The highest BCUT2D eigenvalue weighted by atomic mass is 32.2. The van der Waals surface area contributed by atoms with E-state index in [4.69, 9.17) is 4.74 Å². The van der Waals surface area contributed by atoms with Gasteiger partial charge in [0, 0.05) is 12.1 Å². The van der Waals surface area contributed by atoms with E-state index in [9.17, 15) is 19.7 Å². The molecule has 0 unspecified atom stereocenters. The molecule has 0 saturated carbocycles. The molecule has 8 nitrogen and oxygen atoms in total. The number of thioether (sulfide) groups is 1. The van der Waals surface area contributed by atoms with Crippen LogP contribution in [0.3, 0.4) is 0 Å². The Hall–Kier alpha value is -2.68. The number of rotatable bonds is 4. The monoisotopic (exact) mass is 361 g/mol. The van der Waals surface area contributed by atoms with Crippen molar-refractivity contribution >= 4 is 34.5 Å². The van der Waals surface area contributed by atoms with Gasteiger partial charge < -0.3 is 4.74 Å². The zero-order valence-corrected chi connectivity index (χ0v) is 14.4. The fourth-order valence-corrected chi connectivity index (χ4v) is 3.78. The highest BCUT2D eigenvalue weighted by Gasteiger charge is 2.43. The number of ether oxygens (including phenoxy) is 1. The first kappa shape index (κ1) is 17.2. The van der Waals surface area contributed by atoms with E-state index >= 15 is 0 Å². The summed E-state index contributed by atoms with van der Waals surface area (Å²) in [5, 5.41) is 11.6. The van der Waals surface area contributed by atoms with Crippen molar-refractivity contribution in [2.45, 2.75) is 19.9 Å². The second-order valence-electron chi connectivity index (χ2n) is 5.42. The molecule has 25 heavy (non-hydrogen) atoms. The third-order valence-electron chi connectivity index (χ3n) is 3.88. The van der Waals surface area contributed by atoms with E-state index in [0.717, 1.165) is 0 Å². The number of carbonyl (C=O) groups excluding carboxylic acids is 2. The Labute approximate surface area is 147 Å². The number of hydrogen-bond acceptors (Lipinski definition) is 7. The minimum Gasteiger partial charge on any atom is -0.463 e. The fraction of sp³-hybridized carbons (Fsp3) is 0.312. The van der Waals surface area contributed by atoms with Crippen LogP contribution >= 0.6 is 11.8 Å². The summed E-state index contributed by atoms with van der Waals surface area (Å²) < 4.78 is 5.12. The quantitative estimate of drug-likeness (QED) is 0.464. The maximum atomic E-state index is 12.5. The molecule has 0 aliphatic carbocycles. The number of nitro benzene ring substituents is 1. The van der Waals surface area contributed by atoms with Gasteiger partial charge in [0.1, 0.15) is 0 Å². The van der Waals surface area contributed by atoms with Gasteiger partial charge in [-0.1, -0.05) is 23.9 Å². The Kier molecular flexibility index (Phi) is 4.58. The average Bonchev–Trinajstić information content (AvgIpc) is 2.94. The van der Waals surface area contributed by atoms with Crippen LogP contribution in [0.25, 0.3) is 0 Å². The van der Waals surface area contributed by atoms with Gasteiger partial charge in [-0.25, -0.2) is 9.79 Å². The molecular formula is C16H15N3O5S. The highest BCUT2D eigenvalue weighted by Crippen LogP contribution is 2.41. The molecule has 2 aliphatic rings. The summed E-state index contributed by atoms with van der Waals surface area (Å²) in [5.41, 5.74) is 1.03. The van der Waals surface area contributed by atoms with Gasteiger partial charge in [-0.05, 0) is 19.4 Å². The molecule has 1 fully saturated rings. The Morgan fingerprint density at radius 2 is 2.28 bits per heavy atom. The molecule has 9 heteroatoms. The van der Waals surface area contributed by atoms with Crippen molar-refractivity contribution in [3.05, 3.63) is 51.2 Å². The average molecular weight is 361 g/mol. The normalized spacial score (nSPS) is 19.6. The minimum absolute atomic E-state index is 0.110. The van der Waals surface area contributed by atoms with Gasteiger partial charge in [0.05, 0.1) is 34.6 Å². The van der Waals surface area contributed by atoms with Crippen molar-refractivity contribution in [2.24, 2.45) is 4.99 Å². The number of benzene rings is 1. The number of aliphatic imine (C=N–C) groups is 1. The van der Waals surface area contributed by atoms with Gasteiger partial charge in [-0.3, -0.25) is 19.8 Å². The maximum absolute atomic E-state index is 12.5. The second-order valence-corrected chi connectivity index (χ2v) is 6.36. The third kappa shape index (κ3) is 3.02. The van der Waals surface area contributed by atoms with Gasteiger partial charge in [-0.2, -0.15) is 0 Å². The number of amidine groups is 1. The zero-order valence-electron chi connectivity index (χ0n) is 13.6. The van der Waals surface area contributed by atoms with E-state index in [1.165, 1.54) is 34.9 Å². The minimum atomic E-state index is -0.783. The van der Waals surface area contributed by atoms with Crippen LogP contribution in [0.2, 0.25) is 0 Å². The number of esters is 1. The lowest BCUT2D eigenvalue weighted by molar-refractivity contribution is -0.384. The van der Waals surface area contributed by atoms with Crippen molar-refractivity contribution in [1.29, 1.82) is 0 Å². The number of amides is 1. The molecular weight excluding hydrogens is 346 g/mol. The lowest BCUT2D eigenvalue weighted by Gasteiger charge is -2.32. The largest absolute Gasteiger partial charge is 0.463 e. The number of nitrogens with zero attached hydrogens (tertiary/aromatic N) is 3. The van der Waals surface area contributed by atoms with Crippen molar-refractivity contribution in [2.75, 3.05) is 12.4 Å². The predicted octanol–water partition coefficient (Wildman–Crippen LogP) is 2.42. The maximum Gasteiger partial charge on any atom is 0.338 e. The Balaban J connectivity index is 2.16. The van der Waals surface area contributed by atoms with E-state index in [1.807, 2.05) is 0 Å². The molecule has 1 aromatic carbocycles. The molecule has 2 aliphatic heterocycles. The summed E-state index contributed by atoms with van der Waals surface area (Å²) in [6.07, 6.45) is 0. The number of nitro groups is 1. The summed E-state index contributed by atoms with van der Waals surface area (Å²) >= 11 is 1.28. The number of non-ortho nitro benzene ring substituents is 1. The molecule has 3 rings (SSSR count). The number of fused-ring (bicyclic) bond motifs is 1. The van der Waals surface area contributed by atoms with Crippen LogP contribution < -0.4 is 0 Å². The van der Waals surface area contributed by atoms with Crippen LogP contribution in [0.5, 0.6) is 0 Å². The van der Waals surface area contributed by atoms with Gasteiger partial charge in [-0.15, -0.1) is 0 Å². The van der Waals surface area contributed by atoms with Crippen LogP contribution in [-0.4, -0.2) is 39.2 Å². The van der Waals surface area contributed by atoms with E-state index in [2.05, 4.69) is 4.99 Å². The summed E-state index contributed by atoms with van der Waals surface area (Å²) in [4.78, 5) is 41.2. The van der Waals surface area contributed by atoms with E-state index in [-0.39, 0.29) is 29.5 Å². The van der Waals surface area contributed by atoms with Crippen molar-refractivity contribution < 1.29 is 19.2 Å². The molecule has 1 atom stereocenters. The molecule has 1 saturated heterocycles. The predicted molar refractivity (Wildman–Crippen MR) is 91.9 cm³/mol. The molecule has 2 heterocycles. The van der Waals surface area contributed by atoms with Gasteiger partial charge in [0.15, 0.2) is 5.17 Å². The molecule has 1 amide bonds. The molecule has 0 N–H and O–H groups in total. The summed E-state index contributed by atoms with van der Waals surface area (Å²) in [6.45, 7) is 3.53. The van der Waals surface area contributed by atoms with Gasteiger partial charge in [0.25, 0.3) is 5.69 Å². The number of allylic oxidation sites excluding steroid dienone is 1. The number of carbonyl (C=O) groups is 2. The molecule has 1 aromatic rings. The zero-order chi connectivity index (χ0) is 18.1. The SMILES string of the molecule is CCOC(=O)C1=C(C)N=C2SCC(=O)N2[C@H]1c1cccc([N+](=O)[O-])c1. The van der Waals surface area contributed by atoms with Crippen molar-refractivity contribution in [3.63, 3.8) is 0 Å². The van der Waals surface area contributed by atoms with Crippen LogP contribution in [0.4, 0.5) is 5.69 Å². The van der Waals surface area contributed by atoms with Crippen LogP contribution in [0, 0.1) is 10.1 Å². The molecule has 0 spiro atoms. The van der Waals surface area contributed by atoms with Crippen LogP contribution in [0.1, 0.15) is 25.5 Å². The number of hydrogen-bond donors (Lipinski definition) is 0. The Bertz CT molecular complexity index is 833. The molecule has 130 valence electrons. The lowest BCUT2D eigenvalue weighted by Crippen LogP contribution is -2.39. The summed E-state index contributed by atoms with van der Waals surface area (Å²) in [7, 11) is 0. The summed E-state index contributed by atoms with van der Waals surface area (Å²) in [6, 6.07) is 5.14. The first-order chi connectivity index (χ1) is 11.9. The van der Waals surface area contributed by atoms with Crippen LogP contribution in [0.15, 0.2) is 40.5 Å².